The van der Waals surface area contributed by atoms with Crippen molar-refractivity contribution in [2.45, 2.75) is 26.7 Å². The average molecular weight is 88.1 g/mol. The molecular weight excluding hydrogens is 78.0 g/mol. The minimum absolute atomic E-state index is 0. The van der Waals surface area contributed by atoms with Gasteiger partial charge in [-0.1, -0.05) is 26.7 Å². The molecule has 0 aliphatic heterocycles. The van der Waals surface area contributed by atoms with Crippen LogP contribution >= 0.6 is 0 Å². The third-order valence-electron chi connectivity index (χ3n) is 0.500. The van der Waals surface area contributed by atoms with Gasteiger partial charge in [0.05, 0.1) is 0 Å². The molecular formula is C4H10NO. The molecule has 0 N–H and O–H groups in total. The maximum absolute atomic E-state index is 2.18. The fourth-order valence-electron chi connectivity index (χ4n) is 0. The first-order valence-electron chi connectivity index (χ1n) is 1.91. The quantitative estimate of drug-likeness (QED) is 0.462. The topological polar surface area (TPSA) is 59.0 Å². The lowest BCUT2D eigenvalue weighted by Crippen LogP contribution is -1.47. The Morgan fingerprint density at radius 3 is 1.17 bits per heavy atom. The lowest BCUT2D eigenvalue weighted by molar-refractivity contribution is 0.686. The number of hydrogen-bond donors (Lipinski definition) is 0. The molecule has 6 heavy (non-hydrogen) atoms. The van der Waals surface area contributed by atoms with Gasteiger partial charge in [0, 0.05) is 11.6 Å². The molecule has 0 unspecified atom stereocenters. The van der Waals surface area contributed by atoms with Crippen molar-refractivity contribution in [3.63, 3.8) is 0 Å². The molecule has 0 aliphatic carbocycles. The van der Waals surface area contributed by atoms with Crippen molar-refractivity contribution in [3.8, 4) is 0 Å². The van der Waals surface area contributed by atoms with Gasteiger partial charge in [-0.05, 0) is 0 Å². The van der Waals surface area contributed by atoms with Crippen LogP contribution in [-0.4, -0.2) is 0 Å². The second-order valence-electron chi connectivity index (χ2n) is 1.000. The standard InChI is InChI=1S/C4H10.N.O/c1-3-4-2;;/h3-4H2,1-2H3;;. The van der Waals surface area contributed by atoms with E-state index in [1.807, 2.05) is 0 Å². The Morgan fingerprint density at radius 2 is 1.17 bits per heavy atom. The van der Waals surface area contributed by atoms with Gasteiger partial charge in [-0.2, -0.15) is 0 Å². The van der Waals surface area contributed by atoms with Crippen molar-refractivity contribution < 1.29 is 5.48 Å². The van der Waals surface area contributed by atoms with Crippen LogP contribution in [0.4, 0.5) is 0 Å². The van der Waals surface area contributed by atoms with Crippen molar-refractivity contribution in [2.75, 3.05) is 0 Å². The van der Waals surface area contributed by atoms with E-state index in [0.717, 1.165) is 0 Å². The Labute approximate surface area is 39.5 Å². The summed E-state index contributed by atoms with van der Waals surface area (Å²) < 4.78 is 0. The molecule has 37 valence electrons. The predicted molar refractivity (Wildman–Crippen MR) is 23.4 cm³/mol. The normalized spacial score (nSPS) is 5.00. The summed E-state index contributed by atoms with van der Waals surface area (Å²) >= 11 is 0. The third-order valence-corrected chi connectivity index (χ3v) is 0.500. The van der Waals surface area contributed by atoms with E-state index in [4.69, 9.17) is 0 Å². The zero-order valence-corrected chi connectivity index (χ0v) is 4.27. The lowest BCUT2D eigenvalue weighted by atomic mass is 10.4. The number of nitrogens with zero attached hydrogens (tertiary/aromatic N) is 1. The lowest BCUT2D eigenvalue weighted by Gasteiger charge is -1.68. The molecule has 0 amide bonds. The second kappa shape index (κ2) is 20.5. The van der Waals surface area contributed by atoms with Crippen molar-refractivity contribution in [2.24, 2.45) is 0 Å². The summed E-state index contributed by atoms with van der Waals surface area (Å²) in [5, 5.41) is 0. The van der Waals surface area contributed by atoms with E-state index < -0.39 is 0 Å². The summed E-state index contributed by atoms with van der Waals surface area (Å²) in [7, 11) is 0. The summed E-state index contributed by atoms with van der Waals surface area (Å²) in [6.45, 7) is 4.36. The van der Waals surface area contributed by atoms with Crippen LogP contribution in [0.2, 0.25) is 0 Å². The molecule has 0 bridgehead atoms. The van der Waals surface area contributed by atoms with Crippen LogP contribution in [0.15, 0.2) is 0 Å². The van der Waals surface area contributed by atoms with Gasteiger partial charge in [0.25, 0.3) is 0 Å². The Morgan fingerprint density at radius 1 is 1.00 bits per heavy atom. The Kier molecular flexibility index (Phi) is 57.4. The summed E-state index contributed by atoms with van der Waals surface area (Å²) in [4.78, 5) is 0. The van der Waals surface area contributed by atoms with Crippen molar-refractivity contribution >= 4 is 0 Å². The summed E-state index contributed by atoms with van der Waals surface area (Å²) in [5.41, 5.74) is 0. The van der Waals surface area contributed by atoms with E-state index in [1.165, 1.54) is 12.8 Å². The minimum atomic E-state index is 0. The molecule has 0 spiro atoms. The molecule has 2 nitrogen and oxygen atoms in total. The van der Waals surface area contributed by atoms with E-state index in [9.17, 15) is 0 Å². The van der Waals surface area contributed by atoms with Crippen LogP contribution in [0, 0.1) is 0 Å². The van der Waals surface area contributed by atoms with Crippen LogP contribution in [0.25, 0.3) is 0 Å². The highest BCUT2D eigenvalue weighted by atomic mass is 16.0. The zero-order valence-electron chi connectivity index (χ0n) is 4.27. The number of rotatable bonds is 1. The van der Waals surface area contributed by atoms with E-state index in [-0.39, 0.29) is 11.6 Å². The van der Waals surface area contributed by atoms with E-state index >= 15 is 0 Å². The van der Waals surface area contributed by atoms with Gasteiger partial charge in [-0.15, -0.1) is 0 Å². The molecule has 0 rings (SSSR count). The molecule has 0 aliphatic rings. The number of hydrogen-bond acceptors (Lipinski definition) is 0. The average Bonchev–Trinajstić information content (AvgIpc) is 1.37. The first-order valence-corrected chi connectivity index (χ1v) is 1.91. The van der Waals surface area contributed by atoms with Crippen LogP contribution in [0.1, 0.15) is 26.7 Å². The fourth-order valence-corrected chi connectivity index (χ4v) is 0. The number of unbranched alkanes of at least 4 members (excludes halogenated alkanes) is 1. The Balaban J connectivity index is -0.0000000450. The Hall–Kier alpha value is -0.0800. The van der Waals surface area contributed by atoms with Gasteiger partial charge in [-0.3, -0.25) is 0 Å². The first-order chi connectivity index (χ1) is 1.91. The van der Waals surface area contributed by atoms with Gasteiger partial charge >= 0.3 is 0 Å². The molecule has 0 saturated carbocycles. The third kappa shape index (κ3) is 39.5. The van der Waals surface area contributed by atoms with Crippen molar-refractivity contribution in [1.29, 1.82) is 0 Å². The van der Waals surface area contributed by atoms with Gasteiger partial charge < -0.3 is 0 Å². The predicted octanol–water partition coefficient (Wildman–Crippen LogP) is 1.21. The first kappa shape index (κ1) is 16.8. The van der Waals surface area contributed by atoms with Crippen LogP contribution in [-0.2, 0) is 5.48 Å². The molecule has 0 aromatic rings. The zero-order chi connectivity index (χ0) is 3.41. The molecule has 2 heteroatoms. The van der Waals surface area contributed by atoms with E-state index in [2.05, 4.69) is 13.8 Å². The maximum Gasteiger partial charge on any atom is 0 e. The van der Waals surface area contributed by atoms with E-state index in [1.54, 1.807) is 0 Å². The summed E-state index contributed by atoms with van der Waals surface area (Å²) in [5.74, 6) is 0. The summed E-state index contributed by atoms with van der Waals surface area (Å²) in [6, 6.07) is 0. The minimum Gasteiger partial charge on any atom is -0.0654 e. The van der Waals surface area contributed by atoms with Gasteiger partial charge in [0.2, 0.25) is 0 Å². The summed E-state index contributed by atoms with van der Waals surface area (Å²) in [6.07, 6.45) is 2.64. The van der Waals surface area contributed by atoms with Crippen molar-refractivity contribution in [1.82, 2.24) is 6.15 Å². The molecule has 0 aromatic heterocycles. The fraction of sp³-hybridized carbons (Fsp3) is 1.00. The van der Waals surface area contributed by atoms with Gasteiger partial charge in [-0.25, -0.2) is 0 Å². The maximum atomic E-state index is 2.18. The molecule has 0 atom stereocenters. The van der Waals surface area contributed by atoms with Crippen molar-refractivity contribution in [3.05, 3.63) is 0 Å². The smallest absolute Gasteiger partial charge is 0 e. The van der Waals surface area contributed by atoms with Gasteiger partial charge in [0.1, 0.15) is 0 Å². The molecule has 0 saturated heterocycles. The van der Waals surface area contributed by atoms with Crippen LogP contribution < -0.4 is 6.15 Å². The molecule has 0 fully saturated rings. The monoisotopic (exact) mass is 88.1 g/mol. The second-order valence-corrected chi connectivity index (χ2v) is 1.000. The highest BCUT2D eigenvalue weighted by molar-refractivity contribution is 4.12. The molecule has 0 heterocycles. The van der Waals surface area contributed by atoms with Crippen LogP contribution in [0.3, 0.4) is 0 Å². The Bertz CT molecular complexity index is 9.51. The van der Waals surface area contributed by atoms with E-state index in [0.29, 0.717) is 0 Å². The highest BCUT2D eigenvalue weighted by Crippen LogP contribution is 1.76. The van der Waals surface area contributed by atoms with Crippen LogP contribution in [0.5, 0.6) is 0 Å². The highest BCUT2D eigenvalue weighted by Gasteiger charge is 1.56. The van der Waals surface area contributed by atoms with Gasteiger partial charge in [0.15, 0.2) is 0 Å². The SMILES string of the molecule is CCCC.[N].[O]. The molecule has 0 aromatic carbocycles. The molecule has 5 radical (unpaired) electrons. The largest absolute Gasteiger partial charge is 0.0654 e.